The molecule has 0 atom stereocenters. The summed E-state index contributed by atoms with van der Waals surface area (Å²) in [5.74, 6) is -0.574. The van der Waals surface area contributed by atoms with Gasteiger partial charge in [0.1, 0.15) is 0 Å². The number of primary amides is 1. The van der Waals surface area contributed by atoms with Crippen LogP contribution in [-0.4, -0.2) is 17.9 Å². The summed E-state index contributed by atoms with van der Waals surface area (Å²) in [6, 6.07) is 9.63. The maximum Gasteiger partial charge on any atom is 0.252 e. The summed E-state index contributed by atoms with van der Waals surface area (Å²) in [5, 5.41) is 2.70. The fraction of sp³-hybridized carbons (Fsp3) is 0.200. The molecule has 5 heteroatoms. The molecule has 106 valence electrons. The average Bonchev–Trinajstić information content (AvgIpc) is 2.42. The predicted molar refractivity (Wildman–Crippen MR) is 81.0 cm³/mol. The van der Waals surface area contributed by atoms with Crippen LogP contribution in [0.2, 0.25) is 0 Å². The van der Waals surface area contributed by atoms with E-state index in [1.54, 1.807) is 7.05 Å². The summed E-state index contributed by atoms with van der Waals surface area (Å²) >= 11 is 0. The van der Waals surface area contributed by atoms with Crippen molar-refractivity contribution in [2.24, 2.45) is 5.73 Å². The van der Waals surface area contributed by atoms with Crippen molar-refractivity contribution in [1.29, 1.82) is 0 Å². The third-order valence-corrected chi connectivity index (χ3v) is 2.88. The Hall–Kier alpha value is -2.56. The molecule has 0 unspecified atom stereocenters. The van der Waals surface area contributed by atoms with Gasteiger partial charge in [-0.15, -0.1) is 0 Å². The molecule has 1 heterocycles. The number of pyridine rings is 1. The third-order valence-electron chi connectivity index (χ3n) is 2.88. The Bertz CT molecular complexity index is 627. The highest BCUT2D eigenvalue weighted by Gasteiger charge is 2.06. The van der Waals surface area contributed by atoms with Crippen LogP contribution in [0, 0.1) is 13.8 Å². The van der Waals surface area contributed by atoms with E-state index in [4.69, 9.17) is 5.73 Å². The van der Waals surface area contributed by atoms with Crippen molar-refractivity contribution in [2.75, 3.05) is 12.4 Å². The molecule has 0 radical (unpaired) electrons. The van der Waals surface area contributed by atoms with E-state index in [1.165, 1.54) is 23.4 Å². The van der Waals surface area contributed by atoms with Gasteiger partial charge in [0.05, 0.1) is 11.3 Å². The molecule has 20 heavy (non-hydrogen) atoms. The molecule has 1 amide bonds. The van der Waals surface area contributed by atoms with E-state index in [0.717, 1.165) is 0 Å². The normalized spacial score (nSPS) is 9.35. The van der Waals surface area contributed by atoms with Crippen LogP contribution < -0.4 is 16.6 Å². The van der Waals surface area contributed by atoms with Crippen LogP contribution >= 0.6 is 0 Å². The standard InChI is InChI=1S/C8H10.C7H9N3O2/c1-7-5-3-4-6-8(7)2;1-9-5-2-6(11)10-3-4(5)7(8)12/h3-6H,1-2H3;2-3H,1H3,(H2,8,12)(H2,9,10,11). The molecule has 4 N–H and O–H groups in total. The molecule has 0 saturated carbocycles. The summed E-state index contributed by atoms with van der Waals surface area (Å²) in [5.41, 5.74) is 8.21. The molecule has 0 saturated heterocycles. The van der Waals surface area contributed by atoms with E-state index < -0.39 is 5.91 Å². The second-order valence-corrected chi connectivity index (χ2v) is 4.32. The Morgan fingerprint density at radius 2 is 1.75 bits per heavy atom. The Kier molecular flexibility index (Phi) is 5.53. The minimum absolute atomic E-state index is 0.274. The first-order chi connectivity index (χ1) is 9.45. The molecule has 0 aliphatic rings. The number of aryl methyl sites for hydroxylation is 2. The van der Waals surface area contributed by atoms with E-state index in [0.29, 0.717) is 5.69 Å². The molecule has 2 rings (SSSR count). The Morgan fingerprint density at radius 3 is 2.15 bits per heavy atom. The monoisotopic (exact) mass is 273 g/mol. The van der Waals surface area contributed by atoms with Crippen molar-refractivity contribution in [1.82, 2.24) is 4.98 Å². The van der Waals surface area contributed by atoms with E-state index in [2.05, 4.69) is 48.4 Å². The number of aromatic amines is 1. The molecule has 1 aromatic carbocycles. The van der Waals surface area contributed by atoms with Crippen molar-refractivity contribution in [2.45, 2.75) is 13.8 Å². The zero-order valence-corrected chi connectivity index (χ0v) is 11.9. The SMILES string of the molecule is CNc1cc(=O)[nH]cc1C(N)=O.Cc1ccccc1C. The largest absolute Gasteiger partial charge is 0.387 e. The van der Waals surface area contributed by atoms with Crippen molar-refractivity contribution in [3.63, 3.8) is 0 Å². The zero-order valence-electron chi connectivity index (χ0n) is 11.9. The van der Waals surface area contributed by atoms with Crippen molar-refractivity contribution < 1.29 is 4.79 Å². The first-order valence-electron chi connectivity index (χ1n) is 6.18. The summed E-state index contributed by atoms with van der Waals surface area (Å²) in [6.45, 7) is 4.24. The lowest BCUT2D eigenvalue weighted by Crippen LogP contribution is -2.17. The fourth-order valence-electron chi connectivity index (χ4n) is 1.54. The number of rotatable bonds is 2. The van der Waals surface area contributed by atoms with Gasteiger partial charge in [-0.2, -0.15) is 0 Å². The maximum atomic E-state index is 10.8. The van der Waals surface area contributed by atoms with Crippen LogP contribution in [0.5, 0.6) is 0 Å². The molecule has 0 aliphatic carbocycles. The van der Waals surface area contributed by atoms with Gasteiger partial charge in [-0.1, -0.05) is 24.3 Å². The van der Waals surface area contributed by atoms with E-state index in [-0.39, 0.29) is 11.1 Å². The molecule has 0 bridgehead atoms. The highest BCUT2D eigenvalue weighted by molar-refractivity contribution is 5.97. The lowest BCUT2D eigenvalue weighted by atomic mass is 10.1. The fourth-order valence-corrected chi connectivity index (χ4v) is 1.54. The molecule has 5 nitrogen and oxygen atoms in total. The first kappa shape index (κ1) is 15.5. The molecule has 0 fully saturated rings. The second kappa shape index (κ2) is 7.13. The first-order valence-corrected chi connectivity index (χ1v) is 6.18. The molecular weight excluding hydrogens is 254 g/mol. The number of aromatic nitrogens is 1. The summed E-state index contributed by atoms with van der Waals surface area (Å²) in [6.07, 6.45) is 1.29. The Morgan fingerprint density at radius 1 is 1.20 bits per heavy atom. The number of H-pyrrole nitrogens is 1. The van der Waals surface area contributed by atoms with Gasteiger partial charge in [-0.05, 0) is 25.0 Å². The smallest absolute Gasteiger partial charge is 0.252 e. The molecular formula is C15H19N3O2. The number of anilines is 1. The van der Waals surface area contributed by atoms with Crippen LogP contribution in [0.4, 0.5) is 5.69 Å². The van der Waals surface area contributed by atoms with Gasteiger partial charge >= 0.3 is 0 Å². The number of hydrogen-bond acceptors (Lipinski definition) is 3. The topological polar surface area (TPSA) is 88.0 Å². The number of amides is 1. The quantitative estimate of drug-likeness (QED) is 0.779. The third kappa shape index (κ3) is 4.28. The lowest BCUT2D eigenvalue weighted by Gasteiger charge is -2.03. The van der Waals surface area contributed by atoms with Crippen molar-refractivity contribution in [3.05, 3.63) is 63.6 Å². The highest BCUT2D eigenvalue weighted by Crippen LogP contribution is 2.08. The number of hydrogen-bond donors (Lipinski definition) is 3. The number of nitrogens with two attached hydrogens (primary N) is 1. The second-order valence-electron chi connectivity index (χ2n) is 4.32. The van der Waals surface area contributed by atoms with E-state index in [9.17, 15) is 9.59 Å². The molecule has 0 spiro atoms. The van der Waals surface area contributed by atoms with Gasteiger partial charge in [0.25, 0.3) is 5.91 Å². The Labute approximate surface area is 117 Å². The van der Waals surface area contributed by atoms with Gasteiger partial charge in [0.2, 0.25) is 5.56 Å². The summed E-state index contributed by atoms with van der Waals surface area (Å²) in [7, 11) is 1.61. The summed E-state index contributed by atoms with van der Waals surface area (Å²) < 4.78 is 0. The summed E-state index contributed by atoms with van der Waals surface area (Å²) in [4.78, 5) is 23.9. The predicted octanol–water partition coefficient (Wildman–Crippen LogP) is 1.82. The van der Waals surface area contributed by atoms with E-state index in [1.807, 2.05) is 0 Å². The van der Waals surface area contributed by atoms with E-state index >= 15 is 0 Å². The number of carbonyl (C=O) groups excluding carboxylic acids is 1. The maximum absolute atomic E-state index is 10.8. The zero-order chi connectivity index (χ0) is 15.1. The van der Waals surface area contributed by atoms with Gasteiger partial charge < -0.3 is 16.0 Å². The Balaban J connectivity index is 0.000000217. The van der Waals surface area contributed by atoms with Crippen LogP contribution in [0.3, 0.4) is 0 Å². The average molecular weight is 273 g/mol. The molecule has 2 aromatic rings. The molecule has 1 aromatic heterocycles. The minimum atomic E-state index is -0.574. The van der Waals surface area contributed by atoms with Gasteiger partial charge in [0, 0.05) is 19.3 Å². The number of benzene rings is 1. The van der Waals surface area contributed by atoms with Crippen LogP contribution in [0.15, 0.2) is 41.3 Å². The molecule has 0 aliphatic heterocycles. The van der Waals surface area contributed by atoms with Crippen LogP contribution in [-0.2, 0) is 0 Å². The van der Waals surface area contributed by atoms with Gasteiger partial charge in [-0.3, -0.25) is 9.59 Å². The number of carbonyl (C=O) groups is 1. The van der Waals surface area contributed by atoms with Crippen molar-refractivity contribution >= 4 is 11.6 Å². The highest BCUT2D eigenvalue weighted by atomic mass is 16.1. The van der Waals surface area contributed by atoms with Crippen LogP contribution in [0.25, 0.3) is 0 Å². The number of nitrogens with one attached hydrogen (secondary N) is 2. The van der Waals surface area contributed by atoms with Crippen molar-refractivity contribution in [3.8, 4) is 0 Å². The van der Waals surface area contributed by atoms with Crippen LogP contribution in [0.1, 0.15) is 21.5 Å². The van der Waals surface area contributed by atoms with Gasteiger partial charge in [-0.25, -0.2) is 0 Å². The van der Waals surface area contributed by atoms with Gasteiger partial charge in [0.15, 0.2) is 0 Å². The minimum Gasteiger partial charge on any atom is -0.387 e. The lowest BCUT2D eigenvalue weighted by molar-refractivity contribution is 0.100.